The second-order valence-corrected chi connectivity index (χ2v) is 11.3. The van der Waals surface area contributed by atoms with E-state index in [1.165, 1.54) is 0 Å². The monoisotopic (exact) mass is 632 g/mol. The molecule has 2 atom stereocenters. The van der Waals surface area contributed by atoms with Crippen molar-refractivity contribution in [3.63, 3.8) is 0 Å². The van der Waals surface area contributed by atoms with E-state index in [2.05, 4.69) is 35.9 Å². The van der Waals surface area contributed by atoms with Gasteiger partial charge in [-0.3, -0.25) is 0 Å². The number of anilines is 2. The van der Waals surface area contributed by atoms with Crippen molar-refractivity contribution in [1.29, 1.82) is 0 Å². The fourth-order valence-electron chi connectivity index (χ4n) is 3.87. The van der Waals surface area contributed by atoms with Gasteiger partial charge in [0.15, 0.2) is 0 Å². The summed E-state index contributed by atoms with van der Waals surface area (Å²) in [4.78, 5) is 1.45. The third-order valence-electron chi connectivity index (χ3n) is 5.47. The Labute approximate surface area is 251 Å². The molecule has 0 heterocycles. The number of para-hydroxylation sites is 2. The van der Waals surface area contributed by atoms with E-state index >= 15 is 0 Å². The second kappa shape index (κ2) is 12.2. The van der Waals surface area contributed by atoms with Crippen LogP contribution in [0, 0.1) is 0 Å². The first-order chi connectivity index (χ1) is 17.2. The number of halogens is 6. The molecule has 4 rings (SSSR count). The molecule has 36 heavy (non-hydrogen) atoms. The first-order valence-corrected chi connectivity index (χ1v) is 13.7. The molecule has 4 aromatic rings. The van der Waals surface area contributed by atoms with Crippen molar-refractivity contribution in [2.75, 3.05) is 10.6 Å². The molecule has 0 amide bonds. The Balaban J connectivity index is 1.98. The molecule has 0 bridgehead atoms. The molecule has 2 nitrogen and oxygen atoms in total. The highest BCUT2D eigenvalue weighted by atomic mass is 35.5. The van der Waals surface area contributed by atoms with Crippen molar-refractivity contribution >= 4 is 106 Å². The largest absolute Gasteiger partial charge is 0.375 e. The van der Waals surface area contributed by atoms with Crippen molar-refractivity contribution in [2.24, 2.45) is 0 Å². The highest BCUT2D eigenvalue weighted by Gasteiger charge is 2.33. The van der Waals surface area contributed by atoms with Crippen LogP contribution in [0.15, 0.2) is 82.6 Å². The van der Waals surface area contributed by atoms with Gasteiger partial charge in [0.25, 0.3) is 0 Å². The zero-order chi connectivity index (χ0) is 26.0. The number of thiol groups is 2. The predicted molar refractivity (Wildman–Crippen MR) is 163 cm³/mol. The molecular formula is C26H18Cl6N2S2. The Kier molecular flexibility index (Phi) is 9.46. The summed E-state index contributed by atoms with van der Waals surface area (Å²) in [6, 6.07) is 20.5. The van der Waals surface area contributed by atoms with Crippen LogP contribution in [0.25, 0.3) is 0 Å². The van der Waals surface area contributed by atoms with Gasteiger partial charge in [-0.2, -0.15) is 0 Å². The van der Waals surface area contributed by atoms with Gasteiger partial charge in [-0.05, 0) is 48.5 Å². The maximum Gasteiger partial charge on any atom is 0.0787 e. The van der Waals surface area contributed by atoms with Crippen molar-refractivity contribution in [1.82, 2.24) is 0 Å². The van der Waals surface area contributed by atoms with Gasteiger partial charge in [0.05, 0.1) is 12.1 Å². The summed E-state index contributed by atoms with van der Waals surface area (Å²) >= 11 is 48.7. The summed E-state index contributed by atoms with van der Waals surface area (Å²) < 4.78 is 0. The van der Waals surface area contributed by atoms with E-state index in [9.17, 15) is 0 Å². The third-order valence-corrected chi connectivity index (χ3v) is 7.94. The summed E-state index contributed by atoms with van der Waals surface area (Å²) in [7, 11) is 0. The normalized spacial score (nSPS) is 12.8. The zero-order valence-corrected chi connectivity index (χ0v) is 24.6. The quantitative estimate of drug-likeness (QED) is 0.152. The highest BCUT2D eigenvalue weighted by molar-refractivity contribution is 7.80. The maximum absolute atomic E-state index is 6.75. The smallest absolute Gasteiger partial charge is 0.0787 e. The van der Waals surface area contributed by atoms with Gasteiger partial charge in [0.1, 0.15) is 0 Å². The lowest BCUT2D eigenvalue weighted by molar-refractivity contribution is 0.647. The Bertz CT molecular complexity index is 1260. The number of hydrogen-bond acceptors (Lipinski definition) is 4. The molecule has 0 aliphatic heterocycles. The molecule has 0 saturated carbocycles. The van der Waals surface area contributed by atoms with E-state index in [0.717, 1.165) is 21.2 Å². The van der Waals surface area contributed by atoms with Gasteiger partial charge in [-0.25, -0.2) is 0 Å². The van der Waals surface area contributed by atoms with Crippen LogP contribution in [0.2, 0.25) is 30.1 Å². The number of nitrogens with one attached hydrogen (secondary N) is 2. The van der Waals surface area contributed by atoms with Crippen molar-refractivity contribution in [3.05, 3.63) is 114 Å². The van der Waals surface area contributed by atoms with E-state index in [-0.39, 0.29) is 0 Å². The molecule has 0 aromatic heterocycles. The standard InChI is InChI=1S/C26H18Cl6N2S2/c27-13-9-15(29)23(16(30)10-13)25(33-19-5-1-3-7-21(19)35)26(34-20-6-2-4-8-22(20)36)24-17(31)11-14(28)12-18(24)32/h1-12,25-26,33-36H. The maximum atomic E-state index is 6.75. The lowest BCUT2D eigenvalue weighted by Gasteiger charge is -2.34. The van der Waals surface area contributed by atoms with Gasteiger partial charge in [-0.15, -0.1) is 25.3 Å². The molecule has 0 fully saturated rings. The van der Waals surface area contributed by atoms with E-state index in [4.69, 9.17) is 69.6 Å². The topological polar surface area (TPSA) is 24.1 Å². The summed E-state index contributed by atoms with van der Waals surface area (Å²) in [5.41, 5.74) is 2.69. The molecule has 4 aromatic carbocycles. The first-order valence-electron chi connectivity index (χ1n) is 10.5. The van der Waals surface area contributed by atoms with Crippen LogP contribution < -0.4 is 10.6 Å². The lowest BCUT2D eigenvalue weighted by Crippen LogP contribution is -2.27. The minimum absolute atomic E-state index is 0.369. The number of benzene rings is 4. The molecule has 0 spiro atoms. The number of hydrogen-bond donors (Lipinski definition) is 4. The van der Waals surface area contributed by atoms with Gasteiger partial charge in [0, 0.05) is 62.4 Å². The molecule has 0 saturated heterocycles. The molecule has 0 radical (unpaired) electrons. The van der Waals surface area contributed by atoms with Crippen molar-refractivity contribution in [3.8, 4) is 0 Å². The summed E-state index contributed by atoms with van der Waals surface area (Å²) in [5.74, 6) is 0. The molecule has 186 valence electrons. The van der Waals surface area contributed by atoms with Crippen LogP contribution in [0.3, 0.4) is 0 Å². The minimum atomic E-state index is -0.598. The van der Waals surface area contributed by atoms with Crippen LogP contribution >= 0.6 is 94.9 Å². The molecular weight excluding hydrogens is 617 g/mol. The average Bonchev–Trinajstić information content (AvgIpc) is 2.79. The summed E-state index contributed by atoms with van der Waals surface area (Å²) in [6.45, 7) is 0. The van der Waals surface area contributed by atoms with E-state index in [1.54, 1.807) is 24.3 Å². The molecule has 2 unspecified atom stereocenters. The predicted octanol–water partition coefficient (Wildman–Crippen LogP) is 11.2. The summed E-state index contributed by atoms with van der Waals surface area (Å²) in [6.07, 6.45) is 0. The van der Waals surface area contributed by atoms with Crippen LogP contribution in [0.5, 0.6) is 0 Å². The van der Waals surface area contributed by atoms with Gasteiger partial charge >= 0.3 is 0 Å². The van der Waals surface area contributed by atoms with Gasteiger partial charge in [-0.1, -0.05) is 93.9 Å². The minimum Gasteiger partial charge on any atom is -0.375 e. The van der Waals surface area contributed by atoms with Crippen LogP contribution in [-0.2, 0) is 0 Å². The third kappa shape index (κ3) is 6.31. The van der Waals surface area contributed by atoms with E-state index < -0.39 is 12.1 Å². The second-order valence-electron chi connectivity index (χ2n) is 7.84. The zero-order valence-electron chi connectivity index (χ0n) is 18.2. The lowest BCUT2D eigenvalue weighted by atomic mass is 9.92. The van der Waals surface area contributed by atoms with Crippen molar-refractivity contribution < 1.29 is 0 Å². The SMILES string of the molecule is Sc1ccccc1NC(c1c(Cl)cc(Cl)cc1Cl)C(Nc1ccccc1S)c1c(Cl)cc(Cl)cc1Cl. The van der Waals surface area contributed by atoms with E-state index in [0.29, 0.717) is 41.3 Å². The van der Waals surface area contributed by atoms with E-state index in [1.807, 2.05) is 48.5 Å². The van der Waals surface area contributed by atoms with Crippen LogP contribution in [0.4, 0.5) is 11.4 Å². The van der Waals surface area contributed by atoms with Gasteiger partial charge < -0.3 is 10.6 Å². The Morgan fingerprint density at radius 1 is 0.500 bits per heavy atom. The summed E-state index contributed by atoms with van der Waals surface area (Å²) in [5, 5.41) is 9.39. The Morgan fingerprint density at radius 2 is 0.806 bits per heavy atom. The van der Waals surface area contributed by atoms with Crippen LogP contribution in [-0.4, -0.2) is 0 Å². The Hall–Kier alpha value is -1.08. The molecule has 0 aliphatic carbocycles. The molecule has 0 aliphatic rings. The fraction of sp³-hybridized carbons (Fsp3) is 0.0769. The fourth-order valence-corrected chi connectivity index (χ4v) is 6.43. The first kappa shape index (κ1) is 27.9. The highest BCUT2D eigenvalue weighted by Crippen LogP contribution is 2.47. The number of rotatable bonds is 7. The van der Waals surface area contributed by atoms with Crippen LogP contribution in [0.1, 0.15) is 23.2 Å². The molecule has 10 heteroatoms. The average molecular weight is 635 g/mol. The molecule has 2 N–H and O–H groups in total. The Morgan fingerprint density at radius 3 is 1.11 bits per heavy atom. The van der Waals surface area contributed by atoms with Gasteiger partial charge in [0.2, 0.25) is 0 Å². The van der Waals surface area contributed by atoms with Crippen molar-refractivity contribution in [2.45, 2.75) is 21.9 Å².